The molecule has 0 N–H and O–H groups in total. The number of ether oxygens (including phenoxy) is 1. The Morgan fingerprint density at radius 3 is 1.92 bits per heavy atom. The van der Waals surface area contributed by atoms with E-state index in [2.05, 4.69) is 25.7 Å². The van der Waals surface area contributed by atoms with Crippen molar-refractivity contribution in [2.75, 3.05) is 19.6 Å². The van der Waals surface area contributed by atoms with Gasteiger partial charge in [0.25, 0.3) is 0 Å². The molecule has 2 nitrogen and oxygen atoms in total. The van der Waals surface area contributed by atoms with Crippen LogP contribution >= 0.6 is 0 Å². The predicted octanol–water partition coefficient (Wildman–Crippen LogP) is 2.14. The lowest BCUT2D eigenvalue weighted by molar-refractivity contribution is -0.0664. The molecule has 0 aromatic rings. The van der Waals surface area contributed by atoms with Crippen LogP contribution < -0.4 is 0 Å². The van der Waals surface area contributed by atoms with Gasteiger partial charge in [0.05, 0.1) is 12.2 Å². The minimum atomic E-state index is 0.420. The molecule has 0 bridgehead atoms. The van der Waals surface area contributed by atoms with Crippen molar-refractivity contribution in [3.05, 3.63) is 0 Å². The number of morpholine rings is 1. The summed E-state index contributed by atoms with van der Waals surface area (Å²) in [5.74, 6) is 0. The van der Waals surface area contributed by atoms with Crippen LogP contribution in [0.2, 0.25) is 0 Å². The number of nitrogens with zero attached hydrogens (tertiary/aromatic N) is 1. The van der Waals surface area contributed by atoms with Gasteiger partial charge in [-0.3, -0.25) is 4.90 Å². The van der Waals surface area contributed by atoms with E-state index in [1.54, 1.807) is 0 Å². The van der Waals surface area contributed by atoms with Crippen LogP contribution in [-0.2, 0) is 4.74 Å². The van der Waals surface area contributed by atoms with E-state index >= 15 is 0 Å². The maximum absolute atomic E-state index is 5.58. The van der Waals surface area contributed by atoms with Gasteiger partial charge >= 0.3 is 0 Å². The highest BCUT2D eigenvalue weighted by Crippen LogP contribution is 2.09. The van der Waals surface area contributed by atoms with Crippen LogP contribution in [0.25, 0.3) is 0 Å². The molecule has 0 saturated carbocycles. The lowest BCUT2D eigenvalue weighted by Gasteiger charge is -2.34. The number of likely N-dealkylation sites (N-methyl/N-ethyl adjacent to an activating group) is 1. The van der Waals surface area contributed by atoms with Crippen LogP contribution in [0.15, 0.2) is 0 Å². The van der Waals surface area contributed by atoms with Crippen molar-refractivity contribution < 1.29 is 4.74 Å². The fourth-order valence-electron chi connectivity index (χ4n) is 1.54. The van der Waals surface area contributed by atoms with Crippen LogP contribution in [0.4, 0.5) is 0 Å². The molecule has 1 heterocycles. The molecule has 0 spiro atoms. The molecule has 74 valence electrons. The Kier molecular flexibility index (Phi) is 6.39. The summed E-state index contributed by atoms with van der Waals surface area (Å²) in [6.45, 7) is 13.8. The SMILES string of the molecule is CC.CCN1CC(C)OC(C)C1. The largest absolute Gasteiger partial charge is 0.373 e. The van der Waals surface area contributed by atoms with Gasteiger partial charge < -0.3 is 4.74 Å². The first-order chi connectivity index (χ1) is 5.72. The summed E-state index contributed by atoms with van der Waals surface area (Å²) in [4.78, 5) is 2.43. The topological polar surface area (TPSA) is 12.5 Å². The summed E-state index contributed by atoms with van der Waals surface area (Å²) in [6.07, 6.45) is 0.840. The molecule has 1 fully saturated rings. The van der Waals surface area contributed by atoms with E-state index in [9.17, 15) is 0 Å². The lowest BCUT2D eigenvalue weighted by Crippen LogP contribution is -2.45. The highest BCUT2D eigenvalue weighted by Gasteiger charge is 2.20. The molecule has 0 aromatic heterocycles. The van der Waals surface area contributed by atoms with E-state index in [1.165, 1.54) is 0 Å². The summed E-state index contributed by atoms with van der Waals surface area (Å²) < 4.78 is 5.58. The fourth-order valence-corrected chi connectivity index (χ4v) is 1.54. The number of hydrogen-bond donors (Lipinski definition) is 0. The molecule has 2 heteroatoms. The van der Waals surface area contributed by atoms with E-state index in [0.717, 1.165) is 19.6 Å². The highest BCUT2D eigenvalue weighted by molar-refractivity contribution is 4.71. The van der Waals surface area contributed by atoms with Crippen molar-refractivity contribution in [1.82, 2.24) is 4.90 Å². The van der Waals surface area contributed by atoms with Crippen LogP contribution in [0.3, 0.4) is 0 Å². The van der Waals surface area contributed by atoms with Crippen molar-refractivity contribution in [2.24, 2.45) is 0 Å². The fraction of sp³-hybridized carbons (Fsp3) is 1.00. The average molecular weight is 173 g/mol. The van der Waals surface area contributed by atoms with E-state index in [0.29, 0.717) is 12.2 Å². The van der Waals surface area contributed by atoms with Crippen molar-refractivity contribution in [3.63, 3.8) is 0 Å². The number of rotatable bonds is 1. The zero-order chi connectivity index (χ0) is 9.56. The average Bonchev–Trinajstić information content (AvgIpc) is 2.06. The molecular formula is C10H23NO. The summed E-state index contributed by atoms with van der Waals surface area (Å²) in [7, 11) is 0. The third kappa shape index (κ3) is 4.07. The summed E-state index contributed by atoms with van der Waals surface area (Å²) in [5, 5.41) is 0. The minimum absolute atomic E-state index is 0.420. The Balaban J connectivity index is 0.000000561. The quantitative estimate of drug-likeness (QED) is 0.602. The molecule has 2 unspecified atom stereocenters. The van der Waals surface area contributed by atoms with Crippen LogP contribution in [-0.4, -0.2) is 36.7 Å². The Hall–Kier alpha value is -0.0800. The molecule has 1 aliphatic rings. The first-order valence-corrected chi connectivity index (χ1v) is 5.10. The molecule has 0 aliphatic carbocycles. The van der Waals surface area contributed by atoms with Gasteiger partial charge in [0.2, 0.25) is 0 Å². The third-order valence-corrected chi connectivity index (χ3v) is 1.94. The Morgan fingerprint density at radius 2 is 1.58 bits per heavy atom. The van der Waals surface area contributed by atoms with Gasteiger partial charge in [0.1, 0.15) is 0 Å². The lowest BCUT2D eigenvalue weighted by atomic mass is 10.2. The predicted molar refractivity (Wildman–Crippen MR) is 53.5 cm³/mol. The second kappa shape index (κ2) is 6.44. The first-order valence-electron chi connectivity index (χ1n) is 5.10. The van der Waals surface area contributed by atoms with Crippen LogP contribution in [0.1, 0.15) is 34.6 Å². The van der Waals surface area contributed by atoms with Gasteiger partial charge in [0, 0.05) is 13.1 Å². The van der Waals surface area contributed by atoms with E-state index in [1.807, 2.05) is 13.8 Å². The molecular weight excluding hydrogens is 150 g/mol. The molecule has 1 aliphatic heterocycles. The third-order valence-electron chi connectivity index (χ3n) is 1.94. The molecule has 12 heavy (non-hydrogen) atoms. The molecule has 1 rings (SSSR count). The molecule has 0 amide bonds. The second-order valence-electron chi connectivity index (χ2n) is 3.11. The second-order valence-corrected chi connectivity index (χ2v) is 3.11. The summed E-state index contributed by atoms with van der Waals surface area (Å²) in [5.41, 5.74) is 0. The van der Waals surface area contributed by atoms with Gasteiger partial charge in [-0.05, 0) is 20.4 Å². The van der Waals surface area contributed by atoms with Gasteiger partial charge in [-0.1, -0.05) is 20.8 Å². The molecule has 2 atom stereocenters. The molecule has 1 saturated heterocycles. The smallest absolute Gasteiger partial charge is 0.0678 e. The zero-order valence-corrected chi connectivity index (χ0v) is 9.13. The molecule has 0 radical (unpaired) electrons. The minimum Gasteiger partial charge on any atom is -0.373 e. The standard InChI is InChI=1S/C8H17NO.C2H6/c1-4-9-5-7(2)10-8(3)6-9;1-2/h7-8H,4-6H2,1-3H3;1-2H3. The Bertz CT molecular complexity index is 96.0. The van der Waals surface area contributed by atoms with Crippen molar-refractivity contribution in [3.8, 4) is 0 Å². The van der Waals surface area contributed by atoms with Crippen molar-refractivity contribution in [1.29, 1.82) is 0 Å². The van der Waals surface area contributed by atoms with E-state index in [4.69, 9.17) is 4.74 Å². The van der Waals surface area contributed by atoms with Gasteiger partial charge in [0.15, 0.2) is 0 Å². The van der Waals surface area contributed by atoms with Gasteiger partial charge in [-0.15, -0.1) is 0 Å². The van der Waals surface area contributed by atoms with Crippen molar-refractivity contribution >= 4 is 0 Å². The van der Waals surface area contributed by atoms with Gasteiger partial charge in [-0.25, -0.2) is 0 Å². The van der Waals surface area contributed by atoms with E-state index in [-0.39, 0.29) is 0 Å². The van der Waals surface area contributed by atoms with Crippen LogP contribution in [0, 0.1) is 0 Å². The normalized spacial score (nSPS) is 30.8. The Labute approximate surface area is 76.9 Å². The monoisotopic (exact) mass is 173 g/mol. The Morgan fingerprint density at radius 1 is 1.17 bits per heavy atom. The van der Waals surface area contributed by atoms with Gasteiger partial charge in [-0.2, -0.15) is 0 Å². The van der Waals surface area contributed by atoms with Crippen molar-refractivity contribution in [2.45, 2.75) is 46.8 Å². The van der Waals surface area contributed by atoms with Crippen LogP contribution in [0.5, 0.6) is 0 Å². The zero-order valence-electron chi connectivity index (χ0n) is 9.13. The summed E-state index contributed by atoms with van der Waals surface area (Å²) in [6, 6.07) is 0. The van der Waals surface area contributed by atoms with E-state index < -0.39 is 0 Å². The number of hydrogen-bond acceptors (Lipinski definition) is 2. The maximum Gasteiger partial charge on any atom is 0.0678 e. The summed E-state index contributed by atoms with van der Waals surface area (Å²) >= 11 is 0. The highest BCUT2D eigenvalue weighted by atomic mass is 16.5. The first kappa shape index (κ1) is 11.9. The maximum atomic E-state index is 5.58. The molecule has 0 aromatic carbocycles.